The first-order chi connectivity index (χ1) is 12.6. The molecule has 27 heavy (non-hydrogen) atoms. The summed E-state index contributed by atoms with van der Waals surface area (Å²) >= 11 is 12.3. The molecule has 0 saturated carbocycles. The maximum Gasteiger partial charge on any atom is 0.410 e. The molecule has 1 aromatic carbocycles. The van der Waals surface area contributed by atoms with E-state index in [4.69, 9.17) is 27.9 Å². The zero-order valence-electron chi connectivity index (χ0n) is 16.4. The van der Waals surface area contributed by atoms with Crippen LogP contribution in [0.25, 0.3) is 0 Å². The molecular formula is C20H28Cl2N2O3. The monoisotopic (exact) mass is 414 g/mol. The molecule has 1 aliphatic heterocycles. The van der Waals surface area contributed by atoms with Crippen LogP contribution in [-0.2, 0) is 16.1 Å². The lowest BCUT2D eigenvalue weighted by molar-refractivity contribution is -0.137. The van der Waals surface area contributed by atoms with E-state index in [2.05, 4.69) is 0 Å². The number of halogens is 2. The number of nitrogens with zero attached hydrogens (tertiary/aromatic N) is 2. The van der Waals surface area contributed by atoms with Crippen LogP contribution in [0, 0.1) is 5.92 Å². The Balaban J connectivity index is 2.05. The number of carbonyl (C=O) groups is 2. The SMILES string of the molecule is CCN(Cc1cc(Cl)ccc1Cl)C(=O)C1CCCN(C(=O)OC(C)(C)C)C1. The molecule has 0 spiro atoms. The van der Waals surface area contributed by atoms with Crippen LogP contribution in [0.2, 0.25) is 10.0 Å². The predicted molar refractivity (Wildman–Crippen MR) is 108 cm³/mol. The van der Waals surface area contributed by atoms with Gasteiger partial charge in [0.1, 0.15) is 5.60 Å². The lowest BCUT2D eigenvalue weighted by Crippen LogP contribution is -2.47. The Bertz CT molecular complexity index is 688. The lowest BCUT2D eigenvalue weighted by atomic mass is 9.96. The van der Waals surface area contributed by atoms with E-state index in [9.17, 15) is 9.59 Å². The third kappa shape index (κ3) is 6.28. The van der Waals surface area contributed by atoms with Crippen molar-refractivity contribution in [1.82, 2.24) is 9.80 Å². The summed E-state index contributed by atoms with van der Waals surface area (Å²) in [6.45, 7) is 9.41. The summed E-state index contributed by atoms with van der Waals surface area (Å²) in [7, 11) is 0. The average Bonchev–Trinajstić information content (AvgIpc) is 2.60. The molecule has 0 radical (unpaired) electrons. The summed E-state index contributed by atoms with van der Waals surface area (Å²) in [5.74, 6) is -0.203. The highest BCUT2D eigenvalue weighted by Gasteiger charge is 2.33. The van der Waals surface area contributed by atoms with Gasteiger partial charge in [0.25, 0.3) is 0 Å². The molecular weight excluding hydrogens is 387 g/mol. The second-order valence-electron chi connectivity index (χ2n) is 7.85. The molecule has 0 aromatic heterocycles. The summed E-state index contributed by atoms with van der Waals surface area (Å²) in [4.78, 5) is 28.8. The number of hydrogen-bond acceptors (Lipinski definition) is 3. The van der Waals surface area contributed by atoms with Gasteiger partial charge in [-0.05, 0) is 64.3 Å². The molecule has 1 unspecified atom stereocenters. The third-order valence-electron chi connectivity index (χ3n) is 4.48. The first kappa shape index (κ1) is 21.8. The van der Waals surface area contributed by atoms with Gasteiger partial charge in [0.2, 0.25) is 5.91 Å². The van der Waals surface area contributed by atoms with Gasteiger partial charge in [-0.1, -0.05) is 23.2 Å². The standard InChI is InChI=1S/C20H28Cl2N2O3/c1-5-23(13-15-11-16(21)8-9-17(15)22)18(25)14-7-6-10-24(12-14)19(26)27-20(2,3)4/h8-9,11,14H,5-7,10,12-13H2,1-4H3. The Hall–Kier alpha value is -1.46. The summed E-state index contributed by atoms with van der Waals surface area (Å²) in [5, 5.41) is 1.18. The van der Waals surface area contributed by atoms with Gasteiger partial charge in [-0.2, -0.15) is 0 Å². The van der Waals surface area contributed by atoms with E-state index in [0.29, 0.717) is 36.2 Å². The Morgan fingerprint density at radius 1 is 1.30 bits per heavy atom. The van der Waals surface area contributed by atoms with Crippen molar-refractivity contribution >= 4 is 35.2 Å². The quantitative estimate of drug-likeness (QED) is 0.696. The summed E-state index contributed by atoms with van der Waals surface area (Å²) in [6, 6.07) is 5.25. The van der Waals surface area contributed by atoms with E-state index >= 15 is 0 Å². The summed E-state index contributed by atoms with van der Waals surface area (Å²) in [6.07, 6.45) is 1.18. The van der Waals surface area contributed by atoms with Crippen molar-refractivity contribution in [2.75, 3.05) is 19.6 Å². The van der Waals surface area contributed by atoms with E-state index in [-0.39, 0.29) is 17.9 Å². The van der Waals surface area contributed by atoms with Crippen LogP contribution in [0.15, 0.2) is 18.2 Å². The minimum absolute atomic E-state index is 0.0294. The fraction of sp³-hybridized carbons (Fsp3) is 0.600. The smallest absolute Gasteiger partial charge is 0.410 e. The largest absolute Gasteiger partial charge is 0.444 e. The van der Waals surface area contributed by atoms with Gasteiger partial charge >= 0.3 is 6.09 Å². The first-order valence-electron chi connectivity index (χ1n) is 9.31. The van der Waals surface area contributed by atoms with E-state index in [0.717, 1.165) is 18.4 Å². The molecule has 0 bridgehead atoms. The number of benzene rings is 1. The van der Waals surface area contributed by atoms with E-state index in [1.165, 1.54) is 0 Å². The number of piperidine rings is 1. The van der Waals surface area contributed by atoms with Crippen LogP contribution in [0.1, 0.15) is 46.1 Å². The van der Waals surface area contributed by atoms with Crippen molar-refractivity contribution in [3.63, 3.8) is 0 Å². The molecule has 0 N–H and O–H groups in total. The first-order valence-corrected chi connectivity index (χ1v) is 10.1. The van der Waals surface area contributed by atoms with Crippen molar-refractivity contribution in [1.29, 1.82) is 0 Å². The fourth-order valence-electron chi connectivity index (χ4n) is 3.14. The van der Waals surface area contributed by atoms with Gasteiger partial charge in [0.15, 0.2) is 0 Å². The highest BCUT2D eigenvalue weighted by atomic mass is 35.5. The molecule has 1 fully saturated rings. The number of likely N-dealkylation sites (tertiary alicyclic amines) is 1. The van der Waals surface area contributed by atoms with E-state index < -0.39 is 5.60 Å². The van der Waals surface area contributed by atoms with Gasteiger partial charge in [-0.3, -0.25) is 4.79 Å². The van der Waals surface area contributed by atoms with Crippen LogP contribution in [0.3, 0.4) is 0 Å². The average molecular weight is 415 g/mol. The molecule has 7 heteroatoms. The van der Waals surface area contributed by atoms with Crippen molar-refractivity contribution in [3.8, 4) is 0 Å². The number of carbonyl (C=O) groups excluding carboxylic acids is 2. The second-order valence-corrected chi connectivity index (χ2v) is 8.70. The van der Waals surface area contributed by atoms with Crippen molar-refractivity contribution in [2.45, 2.75) is 52.7 Å². The Morgan fingerprint density at radius 3 is 2.63 bits per heavy atom. The van der Waals surface area contributed by atoms with Gasteiger partial charge in [0.05, 0.1) is 5.92 Å². The maximum absolute atomic E-state index is 13.1. The molecule has 2 rings (SSSR count). The van der Waals surface area contributed by atoms with Gasteiger partial charge in [0, 0.05) is 36.2 Å². The molecule has 150 valence electrons. The van der Waals surface area contributed by atoms with Crippen LogP contribution in [0.4, 0.5) is 4.79 Å². The molecule has 1 heterocycles. The highest BCUT2D eigenvalue weighted by Crippen LogP contribution is 2.25. The molecule has 1 aromatic rings. The number of hydrogen-bond donors (Lipinski definition) is 0. The van der Waals surface area contributed by atoms with Gasteiger partial charge in [-0.25, -0.2) is 4.79 Å². The fourth-order valence-corrected chi connectivity index (χ4v) is 3.52. The normalized spacial score (nSPS) is 17.6. The number of rotatable bonds is 4. The molecule has 1 atom stereocenters. The zero-order valence-corrected chi connectivity index (χ0v) is 17.9. The maximum atomic E-state index is 13.1. The van der Waals surface area contributed by atoms with Gasteiger partial charge < -0.3 is 14.5 Å². The van der Waals surface area contributed by atoms with Crippen LogP contribution in [0.5, 0.6) is 0 Å². The number of amides is 2. The summed E-state index contributed by atoms with van der Waals surface area (Å²) < 4.78 is 5.45. The third-order valence-corrected chi connectivity index (χ3v) is 5.09. The van der Waals surface area contributed by atoms with Crippen molar-refractivity contribution < 1.29 is 14.3 Å². The minimum atomic E-state index is -0.549. The van der Waals surface area contributed by atoms with Crippen LogP contribution < -0.4 is 0 Å². The van der Waals surface area contributed by atoms with Crippen LogP contribution in [-0.4, -0.2) is 47.0 Å². The summed E-state index contributed by atoms with van der Waals surface area (Å²) in [5.41, 5.74) is 0.270. The molecule has 1 saturated heterocycles. The molecule has 2 amide bonds. The second kappa shape index (κ2) is 9.16. The minimum Gasteiger partial charge on any atom is -0.444 e. The van der Waals surface area contributed by atoms with Crippen LogP contribution >= 0.6 is 23.2 Å². The van der Waals surface area contributed by atoms with E-state index in [1.54, 1.807) is 28.0 Å². The molecule has 0 aliphatic carbocycles. The Kier molecular flexibility index (Phi) is 7.40. The molecule has 1 aliphatic rings. The zero-order chi connectivity index (χ0) is 20.2. The van der Waals surface area contributed by atoms with Crippen molar-refractivity contribution in [2.24, 2.45) is 5.92 Å². The Labute approximate surface area is 171 Å². The molecule has 5 nitrogen and oxygen atoms in total. The highest BCUT2D eigenvalue weighted by molar-refractivity contribution is 6.33. The van der Waals surface area contributed by atoms with Gasteiger partial charge in [-0.15, -0.1) is 0 Å². The predicted octanol–water partition coefficient (Wildman–Crippen LogP) is 4.99. The lowest BCUT2D eigenvalue weighted by Gasteiger charge is -2.35. The van der Waals surface area contributed by atoms with E-state index in [1.807, 2.05) is 27.7 Å². The number of ether oxygens (including phenoxy) is 1. The topological polar surface area (TPSA) is 49.9 Å². The van der Waals surface area contributed by atoms with Crippen molar-refractivity contribution in [3.05, 3.63) is 33.8 Å². The Morgan fingerprint density at radius 2 is 2.00 bits per heavy atom.